The summed E-state index contributed by atoms with van der Waals surface area (Å²) in [5.41, 5.74) is 4.22. The van der Waals surface area contributed by atoms with Crippen molar-refractivity contribution >= 4 is 33.2 Å². The smallest absolute Gasteiger partial charge is 0.140 e. The summed E-state index contributed by atoms with van der Waals surface area (Å²) in [6, 6.07) is 13.5. The van der Waals surface area contributed by atoms with Crippen LogP contribution in [0.15, 0.2) is 40.9 Å². The Morgan fingerprint density at radius 2 is 1.90 bits per heavy atom. The van der Waals surface area contributed by atoms with Gasteiger partial charge >= 0.3 is 0 Å². The molecule has 0 spiro atoms. The van der Waals surface area contributed by atoms with E-state index in [0.717, 1.165) is 15.7 Å². The van der Waals surface area contributed by atoms with Crippen molar-refractivity contribution < 1.29 is 0 Å². The van der Waals surface area contributed by atoms with E-state index in [2.05, 4.69) is 34.2 Å². The summed E-state index contributed by atoms with van der Waals surface area (Å²) in [7, 11) is 0. The number of nitrogens with one attached hydrogen (secondary N) is 1. The standard InChI is InChI=1S/C16H14BrClN2/c1-10-3-4-12(7-11(10)2)16(9-19)20-13-5-6-15(18)14(17)8-13/h3-8,16,20H,1-2H3. The molecule has 2 aromatic rings. The highest BCUT2D eigenvalue weighted by molar-refractivity contribution is 9.10. The van der Waals surface area contributed by atoms with E-state index in [1.165, 1.54) is 11.1 Å². The molecule has 1 N–H and O–H groups in total. The lowest BCUT2D eigenvalue weighted by Crippen LogP contribution is -2.08. The van der Waals surface area contributed by atoms with Crippen molar-refractivity contribution in [3.63, 3.8) is 0 Å². The Morgan fingerprint density at radius 3 is 2.50 bits per heavy atom. The predicted molar refractivity (Wildman–Crippen MR) is 87.0 cm³/mol. The first-order valence-electron chi connectivity index (χ1n) is 6.19. The molecule has 0 amide bonds. The molecule has 0 aliphatic rings. The number of nitriles is 1. The van der Waals surface area contributed by atoms with Crippen molar-refractivity contribution in [2.24, 2.45) is 0 Å². The van der Waals surface area contributed by atoms with E-state index >= 15 is 0 Å². The minimum Gasteiger partial charge on any atom is -0.366 e. The van der Waals surface area contributed by atoms with Crippen molar-refractivity contribution in [3.8, 4) is 6.07 Å². The van der Waals surface area contributed by atoms with Crippen LogP contribution in [-0.4, -0.2) is 0 Å². The van der Waals surface area contributed by atoms with Crippen LogP contribution in [0.3, 0.4) is 0 Å². The Hall–Kier alpha value is -1.50. The van der Waals surface area contributed by atoms with Crippen LogP contribution in [-0.2, 0) is 0 Å². The monoisotopic (exact) mass is 348 g/mol. The Balaban J connectivity index is 2.26. The quantitative estimate of drug-likeness (QED) is 0.805. The first kappa shape index (κ1) is 14.9. The van der Waals surface area contributed by atoms with Crippen molar-refractivity contribution in [1.82, 2.24) is 0 Å². The van der Waals surface area contributed by atoms with Crippen LogP contribution < -0.4 is 5.32 Å². The number of benzene rings is 2. The molecule has 102 valence electrons. The van der Waals surface area contributed by atoms with Gasteiger partial charge in [-0.2, -0.15) is 5.26 Å². The third-order valence-electron chi connectivity index (χ3n) is 3.22. The molecular formula is C16H14BrClN2. The molecule has 0 aliphatic carbocycles. The van der Waals surface area contributed by atoms with E-state index in [9.17, 15) is 5.26 Å². The molecule has 0 saturated carbocycles. The van der Waals surface area contributed by atoms with Gasteiger partial charge in [0.25, 0.3) is 0 Å². The Morgan fingerprint density at radius 1 is 1.15 bits per heavy atom. The number of halogens is 2. The van der Waals surface area contributed by atoms with Crippen molar-refractivity contribution in [2.45, 2.75) is 19.9 Å². The first-order valence-corrected chi connectivity index (χ1v) is 7.36. The summed E-state index contributed by atoms with van der Waals surface area (Å²) < 4.78 is 0.806. The van der Waals surface area contributed by atoms with Crippen molar-refractivity contribution in [3.05, 3.63) is 62.6 Å². The largest absolute Gasteiger partial charge is 0.366 e. The minimum atomic E-state index is -0.387. The van der Waals surface area contributed by atoms with Crippen LogP contribution >= 0.6 is 27.5 Å². The van der Waals surface area contributed by atoms with Gasteiger partial charge in [-0.25, -0.2) is 0 Å². The minimum absolute atomic E-state index is 0.387. The highest BCUT2D eigenvalue weighted by atomic mass is 79.9. The molecule has 1 unspecified atom stereocenters. The van der Waals surface area contributed by atoms with Crippen LogP contribution in [0, 0.1) is 25.2 Å². The Kier molecular flexibility index (Phi) is 4.69. The molecule has 1 atom stereocenters. The third kappa shape index (κ3) is 3.33. The predicted octanol–water partition coefficient (Wildman–Crippen LogP) is 5.40. The number of rotatable bonds is 3. The van der Waals surface area contributed by atoms with Crippen molar-refractivity contribution in [1.29, 1.82) is 5.26 Å². The number of nitrogens with zero attached hydrogens (tertiary/aromatic N) is 1. The highest BCUT2D eigenvalue weighted by Gasteiger charge is 2.11. The molecule has 0 aliphatic heterocycles. The summed E-state index contributed by atoms with van der Waals surface area (Å²) in [6.45, 7) is 4.11. The van der Waals surface area contributed by atoms with E-state index in [-0.39, 0.29) is 6.04 Å². The van der Waals surface area contributed by atoms with Crippen LogP contribution in [0.25, 0.3) is 0 Å². The normalized spacial score (nSPS) is 11.8. The van der Waals surface area contributed by atoms with Gasteiger partial charge in [-0.05, 0) is 64.7 Å². The average molecular weight is 350 g/mol. The van der Waals surface area contributed by atoms with Gasteiger partial charge in [0.15, 0.2) is 0 Å². The number of hydrogen-bond donors (Lipinski definition) is 1. The lowest BCUT2D eigenvalue weighted by Gasteiger charge is -2.15. The van der Waals surface area contributed by atoms with Gasteiger partial charge in [-0.3, -0.25) is 0 Å². The number of aryl methyl sites for hydroxylation is 2. The number of hydrogen-bond acceptors (Lipinski definition) is 2. The fraction of sp³-hybridized carbons (Fsp3) is 0.188. The zero-order valence-electron chi connectivity index (χ0n) is 11.2. The molecule has 4 heteroatoms. The summed E-state index contributed by atoms with van der Waals surface area (Å²) in [5, 5.41) is 13.2. The number of anilines is 1. The zero-order valence-corrected chi connectivity index (χ0v) is 13.6. The van der Waals surface area contributed by atoms with Gasteiger partial charge in [-0.1, -0.05) is 29.8 Å². The molecular weight excluding hydrogens is 336 g/mol. The van der Waals surface area contributed by atoms with Gasteiger partial charge < -0.3 is 5.32 Å². The summed E-state index contributed by atoms with van der Waals surface area (Å²) >= 11 is 9.35. The van der Waals surface area contributed by atoms with E-state index in [4.69, 9.17) is 11.6 Å². The summed E-state index contributed by atoms with van der Waals surface area (Å²) in [5.74, 6) is 0. The molecule has 0 saturated heterocycles. The van der Waals surface area contributed by atoms with Gasteiger partial charge in [0.1, 0.15) is 6.04 Å². The molecule has 20 heavy (non-hydrogen) atoms. The molecule has 0 fully saturated rings. The molecule has 2 nitrogen and oxygen atoms in total. The summed E-state index contributed by atoms with van der Waals surface area (Å²) in [6.07, 6.45) is 0. The Labute approximate surface area is 132 Å². The van der Waals surface area contributed by atoms with Crippen LogP contribution in [0.4, 0.5) is 5.69 Å². The van der Waals surface area contributed by atoms with E-state index in [1.54, 1.807) is 6.07 Å². The fourth-order valence-corrected chi connectivity index (χ4v) is 2.38. The second-order valence-corrected chi connectivity index (χ2v) is 5.94. The molecule has 2 aromatic carbocycles. The van der Waals surface area contributed by atoms with Gasteiger partial charge in [0.2, 0.25) is 0 Å². The zero-order chi connectivity index (χ0) is 14.7. The molecule has 0 radical (unpaired) electrons. The molecule has 0 bridgehead atoms. The van der Waals surface area contributed by atoms with Crippen molar-refractivity contribution in [2.75, 3.05) is 5.32 Å². The lowest BCUT2D eigenvalue weighted by atomic mass is 10.0. The Bertz CT molecular complexity index is 677. The van der Waals surface area contributed by atoms with E-state index in [0.29, 0.717) is 5.02 Å². The van der Waals surface area contributed by atoms with Crippen LogP contribution in [0.5, 0.6) is 0 Å². The van der Waals surface area contributed by atoms with Gasteiger partial charge in [-0.15, -0.1) is 0 Å². The lowest BCUT2D eigenvalue weighted by molar-refractivity contribution is 0.991. The van der Waals surface area contributed by atoms with Gasteiger partial charge in [0.05, 0.1) is 11.1 Å². The van der Waals surface area contributed by atoms with E-state index in [1.807, 2.05) is 37.3 Å². The second-order valence-electron chi connectivity index (χ2n) is 4.68. The molecule has 2 rings (SSSR count). The molecule has 0 aromatic heterocycles. The SMILES string of the molecule is Cc1ccc(C(C#N)Nc2ccc(Cl)c(Br)c2)cc1C. The van der Waals surface area contributed by atoms with Crippen LogP contribution in [0.1, 0.15) is 22.7 Å². The highest BCUT2D eigenvalue weighted by Crippen LogP contribution is 2.28. The van der Waals surface area contributed by atoms with Crippen LogP contribution in [0.2, 0.25) is 5.02 Å². The summed E-state index contributed by atoms with van der Waals surface area (Å²) in [4.78, 5) is 0. The first-order chi connectivity index (χ1) is 9.51. The van der Waals surface area contributed by atoms with Gasteiger partial charge in [0, 0.05) is 10.2 Å². The molecule has 0 heterocycles. The second kappa shape index (κ2) is 6.30. The maximum absolute atomic E-state index is 9.37. The topological polar surface area (TPSA) is 35.8 Å². The third-order valence-corrected chi connectivity index (χ3v) is 4.44. The maximum atomic E-state index is 9.37. The average Bonchev–Trinajstić information content (AvgIpc) is 2.43. The fourth-order valence-electron chi connectivity index (χ4n) is 1.89. The van der Waals surface area contributed by atoms with E-state index < -0.39 is 0 Å². The maximum Gasteiger partial charge on any atom is 0.140 e.